The number of likely N-dealkylation sites (N-methyl/N-ethyl adjacent to an activating group) is 1. The van der Waals surface area contributed by atoms with Gasteiger partial charge in [0.05, 0.1) is 11.6 Å². The summed E-state index contributed by atoms with van der Waals surface area (Å²) in [6.07, 6.45) is 1.55. The maximum Gasteiger partial charge on any atom is 0.344 e. The molecule has 0 N–H and O–H groups in total. The van der Waals surface area contributed by atoms with Crippen LogP contribution in [0.25, 0.3) is 5.57 Å². The van der Waals surface area contributed by atoms with Crippen LogP contribution in [0.5, 0.6) is 11.5 Å². The van der Waals surface area contributed by atoms with Crippen LogP contribution in [0.1, 0.15) is 38.8 Å². The number of allylic oxidation sites excluding steroid dienone is 1. The Balaban J connectivity index is 2.31. The SMILES string of the molecule is CCOC(=O)COc1cc(/C(C)=C/C(=O)N(CC)CC)ccc1OCc1c(F)cccc1Cl. The summed E-state index contributed by atoms with van der Waals surface area (Å²) < 4.78 is 30.4. The molecule has 0 aliphatic heterocycles. The maximum absolute atomic E-state index is 14.1. The van der Waals surface area contributed by atoms with Gasteiger partial charge in [-0.15, -0.1) is 0 Å². The van der Waals surface area contributed by atoms with Crippen molar-refractivity contribution in [1.29, 1.82) is 0 Å². The van der Waals surface area contributed by atoms with E-state index in [0.717, 1.165) is 5.57 Å². The summed E-state index contributed by atoms with van der Waals surface area (Å²) in [6, 6.07) is 9.45. The first-order valence-electron chi connectivity index (χ1n) is 10.8. The predicted octanol–water partition coefficient (Wildman–Crippen LogP) is 5.27. The Morgan fingerprint density at radius 2 is 1.79 bits per heavy atom. The van der Waals surface area contributed by atoms with Crippen LogP contribution in [-0.2, 0) is 20.9 Å². The highest BCUT2D eigenvalue weighted by Gasteiger charge is 2.14. The fraction of sp³-hybridized carbons (Fsp3) is 0.360. The van der Waals surface area contributed by atoms with E-state index in [1.807, 2.05) is 20.8 Å². The summed E-state index contributed by atoms with van der Waals surface area (Å²) >= 11 is 6.08. The van der Waals surface area contributed by atoms with Crippen LogP contribution in [-0.4, -0.2) is 43.1 Å². The van der Waals surface area contributed by atoms with E-state index in [1.165, 1.54) is 12.1 Å². The second-order valence-electron chi connectivity index (χ2n) is 7.08. The Kier molecular flexibility index (Phi) is 10.2. The van der Waals surface area contributed by atoms with Crippen molar-refractivity contribution in [3.63, 3.8) is 0 Å². The Hall–Kier alpha value is -3.06. The molecule has 0 aliphatic rings. The molecule has 6 nitrogen and oxygen atoms in total. The van der Waals surface area contributed by atoms with Crippen LogP contribution < -0.4 is 9.47 Å². The molecule has 0 radical (unpaired) electrons. The zero-order valence-corrected chi connectivity index (χ0v) is 20.1. The van der Waals surface area contributed by atoms with Gasteiger partial charge in [0.15, 0.2) is 18.1 Å². The van der Waals surface area contributed by atoms with Crippen molar-refractivity contribution in [3.05, 3.63) is 64.4 Å². The quantitative estimate of drug-likeness (QED) is 0.326. The maximum atomic E-state index is 14.1. The largest absolute Gasteiger partial charge is 0.485 e. The average Bonchev–Trinajstić information content (AvgIpc) is 2.78. The lowest BCUT2D eigenvalue weighted by Crippen LogP contribution is -2.28. The molecule has 0 fully saturated rings. The van der Waals surface area contributed by atoms with Crippen LogP contribution in [0.4, 0.5) is 4.39 Å². The number of nitrogens with zero attached hydrogens (tertiary/aromatic N) is 1. The number of ether oxygens (including phenoxy) is 3. The van der Waals surface area contributed by atoms with Crippen molar-refractivity contribution in [3.8, 4) is 11.5 Å². The van der Waals surface area contributed by atoms with Gasteiger partial charge in [0.2, 0.25) is 5.91 Å². The van der Waals surface area contributed by atoms with Crippen LogP contribution in [0, 0.1) is 5.82 Å². The fourth-order valence-corrected chi connectivity index (χ4v) is 3.26. The number of hydrogen-bond acceptors (Lipinski definition) is 5. The first-order chi connectivity index (χ1) is 15.8. The number of carbonyl (C=O) groups excluding carboxylic acids is 2. The third-order valence-corrected chi connectivity index (χ3v) is 5.25. The summed E-state index contributed by atoms with van der Waals surface area (Å²) in [6.45, 7) is 8.34. The zero-order chi connectivity index (χ0) is 24.4. The number of esters is 1. The molecule has 8 heteroatoms. The first kappa shape index (κ1) is 26.2. The van der Waals surface area contributed by atoms with E-state index < -0.39 is 11.8 Å². The Morgan fingerprint density at radius 3 is 2.42 bits per heavy atom. The highest BCUT2D eigenvalue weighted by molar-refractivity contribution is 6.31. The van der Waals surface area contributed by atoms with Crippen LogP contribution in [0.3, 0.4) is 0 Å². The summed E-state index contributed by atoms with van der Waals surface area (Å²) in [7, 11) is 0. The highest BCUT2D eigenvalue weighted by Crippen LogP contribution is 2.32. The molecule has 2 rings (SSSR count). The van der Waals surface area contributed by atoms with Crippen molar-refractivity contribution in [1.82, 2.24) is 4.90 Å². The molecule has 0 unspecified atom stereocenters. The van der Waals surface area contributed by atoms with E-state index in [1.54, 1.807) is 42.2 Å². The van der Waals surface area contributed by atoms with E-state index in [0.29, 0.717) is 24.4 Å². The Labute approximate surface area is 198 Å². The molecule has 0 aromatic heterocycles. The normalized spacial score (nSPS) is 11.2. The molecule has 0 saturated heterocycles. The molecule has 0 bridgehead atoms. The van der Waals surface area contributed by atoms with E-state index in [4.69, 9.17) is 25.8 Å². The van der Waals surface area contributed by atoms with Gasteiger partial charge in [-0.05, 0) is 63.1 Å². The molecule has 0 spiro atoms. The van der Waals surface area contributed by atoms with E-state index in [9.17, 15) is 14.0 Å². The molecule has 178 valence electrons. The molecule has 0 aliphatic carbocycles. The zero-order valence-electron chi connectivity index (χ0n) is 19.3. The van der Waals surface area contributed by atoms with E-state index in [2.05, 4.69) is 0 Å². The van der Waals surface area contributed by atoms with Crippen LogP contribution in [0.15, 0.2) is 42.5 Å². The topological polar surface area (TPSA) is 65.1 Å². The average molecular weight is 478 g/mol. The van der Waals surface area contributed by atoms with Gasteiger partial charge in [-0.1, -0.05) is 23.7 Å². The molecule has 2 aromatic carbocycles. The summed E-state index contributed by atoms with van der Waals surface area (Å²) in [5.74, 6) is -0.556. The Bertz CT molecular complexity index is 984. The molecule has 0 atom stereocenters. The van der Waals surface area contributed by atoms with Crippen molar-refractivity contribution in [2.45, 2.75) is 34.3 Å². The van der Waals surface area contributed by atoms with Gasteiger partial charge >= 0.3 is 5.97 Å². The number of amides is 1. The molecule has 33 heavy (non-hydrogen) atoms. The molecular weight excluding hydrogens is 449 g/mol. The van der Waals surface area contributed by atoms with Crippen molar-refractivity contribution >= 4 is 29.1 Å². The minimum absolute atomic E-state index is 0.0963. The number of benzene rings is 2. The summed E-state index contributed by atoms with van der Waals surface area (Å²) in [5, 5.41) is 0.245. The van der Waals surface area contributed by atoms with Crippen molar-refractivity contribution in [2.75, 3.05) is 26.3 Å². The van der Waals surface area contributed by atoms with Gasteiger partial charge in [-0.3, -0.25) is 4.79 Å². The second kappa shape index (κ2) is 12.8. The van der Waals surface area contributed by atoms with Gasteiger partial charge in [-0.2, -0.15) is 0 Å². The first-order valence-corrected chi connectivity index (χ1v) is 11.1. The third kappa shape index (κ3) is 7.49. The van der Waals surface area contributed by atoms with E-state index in [-0.39, 0.29) is 42.1 Å². The number of hydrogen-bond donors (Lipinski definition) is 0. The van der Waals surface area contributed by atoms with Crippen molar-refractivity contribution < 1.29 is 28.2 Å². The van der Waals surface area contributed by atoms with Gasteiger partial charge in [0.1, 0.15) is 12.4 Å². The second-order valence-corrected chi connectivity index (χ2v) is 7.49. The Morgan fingerprint density at radius 1 is 1.06 bits per heavy atom. The van der Waals surface area contributed by atoms with Crippen LogP contribution in [0.2, 0.25) is 5.02 Å². The lowest BCUT2D eigenvalue weighted by atomic mass is 10.1. The third-order valence-electron chi connectivity index (χ3n) is 4.90. The molecule has 0 saturated carbocycles. The number of rotatable bonds is 11. The standard InChI is InChI=1S/C25H29ClFNO5/c1-5-28(6-2)24(29)13-17(4)18-11-12-22(23(14-18)33-16-25(30)31-7-3)32-15-19-20(26)9-8-10-21(19)27/h8-14H,5-7,15-16H2,1-4H3/b17-13+. The van der Waals surface area contributed by atoms with Gasteiger partial charge < -0.3 is 19.1 Å². The number of halogens is 2. The lowest BCUT2D eigenvalue weighted by Gasteiger charge is -2.17. The lowest BCUT2D eigenvalue weighted by molar-refractivity contribution is -0.145. The van der Waals surface area contributed by atoms with Crippen molar-refractivity contribution in [2.24, 2.45) is 0 Å². The molecule has 2 aromatic rings. The predicted molar refractivity (Wildman–Crippen MR) is 126 cm³/mol. The monoisotopic (exact) mass is 477 g/mol. The minimum atomic E-state index is -0.532. The summed E-state index contributed by atoms with van der Waals surface area (Å²) in [4.78, 5) is 25.9. The highest BCUT2D eigenvalue weighted by atomic mass is 35.5. The van der Waals surface area contributed by atoms with Crippen LogP contribution >= 0.6 is 11.6 Å². The molecule has 0 heterocycles. The summed E-state index contributed by atoms with van der Waals surface area (Å²) in [5.41, 5.74) is 1.64. The number of carbonyl (C=O) groups is 2. The minimum Gasteiger partial charge on any atom is -0.485 e. The molecular formula is C25H29ClFNO5. The smallest absolute Gasteiger partial charge is 0.344 e. The van der Waals surface area contributed by atoms with E-state index >= 15 is 0 Å². The molecule has 1 amide bonds. The van der Waals surface area contributed by atoms with Gasteiger partial charge in [0, 0.05) is 24.7 Å². The fourth-order valence-electron chi connectivity index (χ4n) is 3.04. The van der Waals surface area contributed by atoms with Gasteiger partial charge in [-0.25, -0.2) is 9.18 Å². The van der Waals surface area contributed by atoms with Gasteiger partial charge in [0.25, 0.3) is 0 Å².